The lowest BCUT2D eigenvalue weighted by atomic mass is 9.72. The van der Waals surface area contributed by atoms with Gasteiger partial charge >= 0.3 is 0 Å². The van der Waals surface area contributed by atoms with Gasteiger partial charge in [0, 0.05) is 37.7 Å². The van der Waals surface area contributed by atoms with Gasteiger partial charge < -0.3 is 21.5 Å². The van der Waals surface area contributed by atoms with Gasteiger partial charge in [-0.25, -0.2) is 4.98 Å². The van der Waals surface area contributed by atoms with Crippen LogP contribution in [0.15, 0.2) is 70.7 Å². The van der Waals surface area contributed by atoms with E-state index in [2.05, 4.69) is 9.98 Å². The monoisotopic (exact) mass is 542 g/mol. The molecule has 210 valence electrons. The van der Waals surface area contributed by atoms with E-state index >= 15 is 0 Å². The van der Waals surface area contributed by atoms with E-state index in [1.165, 1.54) is 10.9 Å². The van der Waals surface area contributed by atoms with Crippen LogP contribution in [-0.2, 0) is 23.3 Å². The number of carbonyl (C=O) groups is 1. The predicted molar refractivity (Wildman–Crippen MR) is 156 cm³/mol. The molecule has 1 aliphatic carbocycles. The quantitative estimate of drug-likeness (QED) is 0.374. The molecule has 3 aromatic rings. The first-order valence-electron chi connectivity index (χ1n) is 14.0. The summed E-state index contributed by atoms with van der Waals surface area (Å²) in [5.41, 5.74) is 14.8. The molecule has 1 aromatic heterocycles. The maximum atomic E-state index is 13.2. The highest BCUT2D eigenvalue weighted by atomic mass is 16.3. The van der Waals surface area contributed by atoms with Gasteiger partial charge in [-0.15, -0.1) is 0 Å². The molecular weight excluding hydrogens is 504 g/mol. The molecule has 0 atom stereocenters. The van der Waals surface area contributed by atoms with Gasteiger partial charge in [-0.3, -0.25) is 19.1 Å². The van der Waals surface area contributed by atoms with Gasteiger partial charge in [-0.2, -0.15) is 0 Å². The average Bonchev–Trinajstić information content (AvgIpc) is 2.95. The molecule has 9 heteroatoms. The van der Waals surface area contributed by atoms with Gasteiger partial charge in [0.2, 0.25) is 5.91 Å². The molecule has 9 nitrogen and oxygen atoms in total. The normalized spacial score (nSPS) is 18.3. The summed E-state index contributed by atoms with van der Waals surface area (Å²) in [6, 6.07) is 17.8. The third kappa shape index (κ3) is 5.71. The van der Waals surface area contributed by atoms with Crippen molar-refractivity contribution in [3.63, 3.8) is 0 Å². The molecule has 5 N–H and O–H groups in total. The number of amides is 1. The number of benzene rings is 2. The lowest BCUT2D eigenvalue weighted by molar-refractivity contribution is -0.135. The van der Waals surface area contributed by atoms with E-state index in [1.807, 2.05) is 54.6 Å². The minimum absolute atomic E-state index is 0.0152. The Kier molecular flexibility index (Phi) is 7.87. The molecule has 5 rings (SSSR count). The van der Waals surface area contributed by atoms with E-state index < -0.39 is 11.2 Å². The van der Waals surface area contributed by atoms with E-state index in [-0.39, 0.29) is 23.7 Å². The second-order valence-corrected chi connectivity index (χ2v) is 11.2. The van der Waals surface area contributed by atoms with Gasteiger partial charge in [0.1, 0.15) is 11.4 Å². The minimum Gasteiger partial charge on any atom is -0.392 e. The van der Waals surface area contributed by atoms with Crippen molar-refractivity contribution in [1.29, 1.82) is 0 Å². The fraction of sp³-hybridized carbons (Fsp3) is 0.419. The maximum Gasteiger partial charge on any atom is 0.277 e. The summed E-state index contributed by atoms with van der Waals surface area (Å²) in [5.74, 6) is 0.0760. The van der Waals surface area contributed by atoms with Crippen LogP contribution in [0.25, 0.3) is 0 Å². The van der Waals surface area contributed by atoms with Crippen molar-refractivity contribution in [2.75, 3.05) is 25.9 Å². The standard InChI is InChI=1S/C31H38N6O3/c1-34-27(23-9-11-24(12-10-23)31(33)14-5-15-31)28-26(32)29(39)37(21-35-28)20-30(40)16-18-36(19-17-30)25(38)13-8-22-6-3-2-4-7-22/h2-4,6-7,9-12,21,40H,5,8,13-20,32-33H2,1H3. The predicted octanol–water partition coefficient (Wildman–Crippen LogP) is 2.62. The van der Waals surface area contributed by atoms with E-state index in [9.17, 15) is 14.7 Å². The van der Waals surface area contributed by atoms with Gasteiger partial charge in [0.25, 0.3) is 5.56 Å². The largest absolute Gasteiger partial charge is 0.392 e. The van der Waals surface area contributed by atoms with Crippen molar-refractivity contribution >= 4 is 17.3 Å². The van der Waals surface area contributed by atoms with Crippen LogP contribution in [0.4, 0.5) is 5.69 Å². The van der Waals surface area contributed by atoms with Crippen LogP contribution in [0.1, 0.15) is 60.9 Å². The number of aliphatic imine (C=N–C) groups is 1. The number of carbonyl (C=O) groups excluding carboxylic acids is 1. The summed E-state index contributed by atoms with van der Waals surface area (Å²) in [5, 5.41) is 11.3. The first kappa shape index (κ1) is 27.7. The Morgan fingerprint density at radius 1 is 1.05 bits per heavy atom. The summed E-state index contributed by atoms with van der Waals surface area (Å²) in [6.07, 6.45) is 6.37. The summed E-state index contributed by atoms with van der Waals surface area (Å²) in [4.78, 5) is 36.6. The molecule has 2 fully saturated rings. The van der Waals surface area contributed by atoms with E-state index in [1.54, 1.807) is 11.9 Å². The number of nitrogens with zero attached hydrogens (tertiary/aromatic N) is 4. The number of aliphatic hydroxyl groups is 1. The third-order valence-electron chi connectivity index (χ3n) is 8.48. The number of nitrogens with two attached hydrogens (primary N) is 2. The molecule has 0 spiro atoms. The number of aryl methyl sites for hydroxylation is 1. The van der Waals surface area contributed by atoms with E-state index in [0.29, 0.717) is 50.2 Å². The van der Waals surface area contributed by atoms with Crippen LogP contribution in [0, 0.1) is 0 Å². The molecule has 40 heavy (non-hydrogen) atoms. The number of piperidine rings is 1. The van der Waals surface area contributed by atoms with Crippen molar-refractivity contribution in [2.24, 2.45) is 10.7 Å². The highest BCUT2D eigenvalue weighted by Crippen LogP contribution is 2.38. The number of hydrogen-bond donors (Lipinski definition) is 3. The van der Waals surface area contributed by atoms with Crippen molar-refractivity contribution in [1.82, 2.24) is 14.5 Å². The van der Waals surface area contributed by atoms with E-state index in [0.717, 1.165) is 36.0 Å². The van der Waals surface area contributed by atoms with Gasteiger partial charge in [0.15, 0.2) is 0 Å². The number of anilines is 1. The molecule has 1 amide bonds. The fourth-order valence-corrected chi connectivity index (χ4v) is 5.69. The summed E-state index contributed by atoms with van der Waals surface area (Å²) >= 11 is 0. The highest BCUT2D eigenvalue weighted by molar-refractivity contribution is 6.14. The Hall–Kier alpha value is -3.82. The lowest BCUT2D eigenvalue weighted by Gasteiger charge is -2.38. The zero-order valence-corrected chi connectivity index (χ0v) is 23.1. The molecule has 1 saturated carbocycles. The first-order chi connectivity index (χ1) is 19.2. The van der Waals surface area contributed by atoms with Crippen LogP contribution in [0.5, 0.6) is 0 Å². The van der Waals surface area contributed by atoms with Crippen molar-refractivity contribution in [3.8, 4) is 0 Å². The smallest absolute Gasteiger partial charge is 0.277 e. The second kappa shape index (κ2) is 11.3. The Balaban J connectivity index is 1.23. The van der Waals surface area contributed by atoms with E-state index in [4.69, 9.17) is 11.5 Å². The lowest BCUT2D eigenvalue weighted by Crippen LogP contribution is -2.50. The zero-order valence-electron chi connectivity index (χ0n) is 23.1. The fourth-order valence-electron chi connectivity index (χ4n) is 5.69. The van der Waals surface area contributed by atoms with Crippen molar-refractivity contribution < 1.29 is 9.90 Å². The summed E-state index contributed by atoms with van der Waals surface area (Å²) < 4.78 is 1.36. The van der Waals surface area contributed by atoms with Crippen LogP contribution < -0.4 is 17.0 Å². The molecule has 2 aliphatic rings. The van der Waals surface area contributed by atoms with Crippen molar-refractivity contribution in [3.05, 3.63) is 93.7 Å². The topological polar surface area (TPSA) is 140 Å². The van der Waals surface area contributed by atoms with Crippen molar-refractivity contribution in [2.45, 2.75) is 62.6 Å². The Bertz CT molecular complexity index is 1440. The number of hydrogen-bond acceptors (Lipinski definition) is 7. The summed E-state index contributed by atoms with van der Waals surface area (Å²) in [7, 11) is 1.64. The second-order valence-electron chi connectivity index (χ2n) is 11.2. The molecular formula is C31H38N6O3. The van der Waals surface area contributed by atoms with Crippen LogP contribution in [-0.4, -0.2) is 56.9 Å². The SMILES string of the molecule is CN=C(c1ccc(C2(N)CCC2)cc1)c1ncn(CC2(O)CCN(C(=O)CCc3ccccc3)CC2)c(=O)c1N. The third-order valence-corrected chi connectivity index (χ3v) is 8.48. The van der Waals surface area contributed by atoms with Gasteiger partial charge in [-0.1, -0.05) is 54.6 Å². The number of rotatable bonds is 8. The van der Waals surface area contributed by atoms with Gasteiger partial charge in [0.05, 0.1) is 24.2 Å². The summed E-state index contributed by atoms with van der Waals surface area (Å²) in [6.45, 7) is 0.931. The number of nitrogen functional groups attached to an aromatic ring is 1. The minimum atomic E-state index is -1.13. The Labute approximate surface area is 234 Å². The first-order valence-corrected chi connectivity index (χ1v) is 14.0. The van der Waals surface area contributed by atoms with Crippen LogP contribution >= 0.6 is 0 Å². The van der Waals surface area contributed by atoms with Crippen LogP contribution in [0.2, 0.25) is 0 Å². The molecule has 0 bridgehead atoms. The van der Waals surface area contributed by atoms with Gasteiger partial charge in [-0.05, 0) is 49.7 Å². The molecule has 0 unspecified atom stereocenters. The Morgan fingerprint density at radius 3 is 2.33 bits per heavy atom. The Morgan fingerprint density at radius 2 is 1.73 bits per heavy atom. The maximum absolute atomic E-state index is 13.2. The van der Waals surface area contributed by atoms with Crippen LogP contribution in [0.3, 0.4) is 0 Å². The highest BCUT2D eigenvalue weighted by Gasteiger charge is 2.35. The molecule has 1 aliphatic heterocycles. The number of aromatic nitrogens is 2. The average molecular weight is 543 g/mol. The molecule has 1 saturated heterocycles. The molecule has 0 radical (unpaired) electrons. The molecule has 2 aromatic carbocycles. The zero-order chi connectivity index (χ0) is 28.3. The number of likely N-dealkylation sites (tertiary alicyclic amines) is 1. The molecule has 2 heterocycles.